The second-order valence-corrected chi connectivity index (χ2v) is 5.07. The molecule has 0 aromatic rings. The molecule has 1 fully saturated rings. The lowest BCUT2D eigenvalue weighted by Gasteiger charge is -2.30. The van der Waals surface area contributed by atoms with E-state index in [1.165, 1.54) is 25.8 Å². The molecule has 2 unspecified atom stereocenters. The van der Waals surface area contributed by atoms with Crippen LogP contribution >= 0.6 is 0 Å². The highest BCUT2D eigenvalue weighted by Gasteiger charge is 2.29. The predicted molar refractivity (Wildman–Crippen MR) is 73.3 cm³/mol. The Morgan fingerprint density at radius 2 is 1.71 bits per heavy atom. The fourth-order valence-corrected chi connectivity index (χ4v) is 2.94. The summed E-state index contributed by atoms with van der Waals surface area (Å²) in [5.41, 5.74) is 0. The number of nitrogens with zero attached hydrogens (tertiary/aromatic N) is 2. The summed E-state index contributed by atoms with van der Waals surface area (Å²) in [6.07, 6.45) is 4.51. The second-order valence-electron chi connectivity index (χ2n) is 5.07. The van der Waals surface area contributed by atoms with E-state index in [0.717, 1.165) is 32.6 Å². The van der Waals surface area contributed by atoms with Crippen molar-refractivity contribution in [3.8, 4) is 0 Å². The molecule has 1 saturated carbocycles. The molecule has 1 aliphatic rings. The highest BCUT2D eigenvalue weighted by molar-refractivity contribution is 4.84. The molecule has 102 valence electrons. The van der Waals surface area contributed by atoms with Gasteiger partial charge in [0, 0.05) is 6.04 Å². The van der Waals surface area contributed by atoms with Crippen LogP contribution in [0, 0.1) is 0 Å². The molecular formula is C14H30N2O. The normalized spacial score (nSPS) is 25.1. The van der Waals surface area contributed by atoms with Crippen LogP contribution in [0.2, 0.25) is 0 Å². The molecule has 3 nitrogen and oxygen atoms in total. The molecule has 0 heterocycles. The quantitative estimate of drug-likeness (QED) is 0.705. The first-order valence-corrected chi connectivity index (χ1v) is 7.37. The van der Waals surface area contributed by atoms with Crippen molar-refractivity contribution in [3.63, 3.8) is 0 Å². The number of rotatable bonds is 8. The van der Waals surface area contributed by atoms with E-state index >= 15 is 0 Å². The zero-order chi connectivity index (χ0) is 12.7. The molecule has 2 atom stereocenters. The molecule has 17 heavy (non-hydrogen) atoms. The third-order valence-corrected chi connectivity index (χ3v) is 4.13. The van der Waals surface area contributed by atoms with E-state index in [4.69, 9.17) is 0 Å². The molecule has 0 aromatic carbocycles. The van der Waals surface area contributed by atoms with E-state index < -0.39 is 0 Å². The Hall–Kier alpha value is -0.120. The first-order chi connectivity index (χ1) is 8.22. The van der Waals surface area contributed by atoms with Crippen LogP contribution in [0.15, 0.2) is 0 Å². The molecule has 0 aromatic heterocycles. The van der Waals surface area contributed by atoms with E-state index in [1.54, 1.807) is 0 Å². The Morgan fingerprint density at radius 3 is 2.18 bits per heavy atom. The minimum Gasteiger partial charge on any atom is -0.391 e. The number of hydrogen-bond donors (Lipinski definition) is 1. The molecule has 3 heteroatoms. The third kappa shape index (κ3) is 4.57. The van der Waals surface area contributed by atoms with Gasteiger partial charge in [-0.1, -0.05) is 20.8 Å². The van der Waals surface area contributed by atoms with Crippen LogP contribution in [0.3, 0.4) is 0 Å². The minimum absolute atomic E-state index is 0.0802. The summed E-state index contributed by atoms with van der Waals surface area (Å²) in [6, 6.07) is 0.428. The van der Waals surface area contributed by atoms with Crippen molar-refractivity contribution in [2.45, 2.75) is 58.6 Å². The van der Waals surface area contributed by atoms with Gasteiger partial charge in [0.2, 0.25) is 0 Å². The minimum atomic E-state index is -0.0802. The molecule has 1 aliphatic carbocycles. The van der Waals surface area contributed by atoms with Crippen molar-refractivity contribution in [2.75, 3.05) is 32.7 Å². The molecule has 0 radical (unpaired) electrons. The van der Waals surface area contributed by atoms with Crippen LogP contribution in [0.1, 0.15) is 46.5 Å². The van der Waals surface area contributed by atoms with Crippen LogP contribution < -0.4 is 0 Å². The average Bonchev–Trinajstić information content (AvgIpc) is 2.76. The SMILES string of the molecule is CCN(CC)CCCN(CC)C1CCCC1O. The highest BCUT2D eigenvalue weighted by atomic mass is 16.3. The van der Waals surface area contributed by atoms with E-state index in [2.05, 4.69) is 30.6 Å². The first kappa shape index (κ1) is 14.9. The maximum atomic E-state index is 9.94. The van der Waals surface area contributed by atoms with Crippen molar-refractivity contribution >= 4 is 0 Å². The Balaban J connectivity index is 2.27. The standard InChI is InChI=1S/C14H30N2O/c1-4-15(5-2)11-8-12-16(6-3)13-9-7-10-14(13)17/h13-14,17H,4-12H2,1-3H3. The van der Waals surface area contributed by atoms with Crippen LogP contribution in [0.25, 0.3) is 0 Å². The van der Waals surface area contributed by atoms with Gasteiger partial charge in [-0.3, -0.25) is 4.90 Å². The van der Waals surface area contributed by atoms with E-state index in [-0.39, 0.29) is 6.10 Å². The molecule has 1 N–H and O–H groups in total. The van der Waals surface area contributed by atoms with Crippen molar-refractivity contribution in [2.24, 2.45) is 0 Å². The van der Waals surface area contributed by atoms with Crippen LogP contribution in [0.5, 0.6) is 0 Å². The Bertz CT molecular complexity index is 195. The molecule has 0 spiro atoms. The molecule has 0 aliphatic heterocycles. The molecule has 1 rings (SSSR count). The third-order valence-electron chi connectivity index (χ3n) is 4.13. The predicted octanol–water partition coefficient (Wildman–Crippen LogP) is 1.95. The van der Waals surface area contributed by atoms with E-state index in [9.17, 15) is 5.11 Å². The molecule has 0 amide bonds. The Kier molecular flexibility index (Phi) is 7.09. The monoisotopic (exact) mass is 242 g/mol. The van der Waals surface area contributed by atoms with Gasteiger partial charge in [0.25, 0.3) is 0 Å². The van der Waals surface area contributed by atoms with Gasteiger partial charge in [0.15, 0.2) is 0 Å². The van der Waals surface area contributed by atoms with Gasteiger partial charge < -0.3 is 10.0 Å². The molecule has 0 saturated heterocycles. The second kappa shape index (κ2) is 8.06. The maximum absolute atomic E-state index is 9.94. The lowest BCUT2D eigenvalue weighted by atomic mass is 10.1. The fourth-order valence-electron chi connectivity index (χ4n) is 2.94. The Morgan fingerprint density at radius 1 is 1.00 bits per heavy atom. The van der Waals surface area contributed by atoms with Gasteiger partial charge in [-0.05, 0) is 58.4 Å². The topological polar surface area (TPSA) is 26.7 Å². The summed E-state index contributed by atoms with van der Waals surface area (Å²) in [5.74, 6) is 0. The van der Waals surface area contributed by atoms with Crippen LogP contribution in [0.4, 0.5) is 0 Å². The fraction of sp³-hybridized carbons (Fsp3) is 1.00. The summed E-state index contributed by atoms with van der Waals surface area (Å²) in [4.78, 5) is 4.94. The summed E-state index contributed by atoms with van der Waals surface area (Å²) >= 11 is 0. The lowest BCUT2D eigenvalue weighted by molar-refractivity contribution is 0.0711. The smallest absolute Gasteiger partial charge is 0.0695 e. The van der Waals surface area contributed by atoms with Crippen molar-refractivity contribution in [1.29, 1.82) is 0 Å². The van der Waals surface area contributed by atoms with Gasteiger partial charge in [-0.15, -0.1) is 0 Å². The largest absolute Gasteiger partial charge is 0.391 e. The lowest BCUT2D eigenvalue weighted by Crippen LogP contribution is -2.41. The van der Waals surface area contributed by atoms with Gasteiger partial charge >= 0.3 is 0 Å². The summed E-state index contributed by atoms with van der Waals surface area (Å²) in [6.45, 7) is 12.3. The van der Waals surface area contributed by atoms with Crippen molar-refractivity contribution in [1.82, 2.24) is 9.80 Å². The number of aliphatic hydroxyl groups is 1. The number of aliphatic hydroxyl groups excluding tert-OH is 1. The van der Waals surface area contributed by atoms with Gasteiger partial charge in [-0.2, -0.15) is 0 Å². The summed E-state index contributed by atoms with van der Waals surface area (Å²) in [7, 11) is 0. The Labute approximate surface area is 107 Å². The summed E-state index contributed by atoms with van der Waals surface area (Å²) in [5, 5.41) is 9.94. The van der Waals surface area contributed by atoms with E-state index in [1.807, 2.05) is 0 Å². The van der Waals surface area contributed by atoms with E-state index in [0.29, 0.717) is 6.04 Å². The maximum Gasteiger partial charge on any atom is 0.0695 e. The molecular weight excluding hydrogens is 212 g/mol. The number of hydrogen-bond acceptors (Lipinski definition) is 3. The zero-order valence-corrected chi connectivity index (χ0v) is 11.9. The van der Waals surface area contributed by atoms with Crippen molar-refractivity contribution < 1.29 is 5.11 Å². The average molecular weight is 242 g/mol. The van der Waals surface area contributed by atoms with Crippen molar-refractivity contribution in [3.05, 3.63) is 0 Å². The first-order valence-electron chi connectivity index (χ1n) is 7.37. The highest BCUT2D eigenvalue weighted by Crippen LogP contribution is 2.24. The van der Waals surface area contributed by atoms with Gasteiger partial charge in [0.05, 0.1) is 6.10 Å². The van der Waals surface area contributed by atoms with Gasteiger partial charge in [0.1, 0.15) is 0 Å². The number of likely N-dealkylation sites (N-methyl/N-ethyl adjacent to an activating group) is 1. The zero-order valence-electron chi connectivity index (χ0n) is 11.9. The van der Waals surface area contributed by atoms with Crippen LogP contribution in [-0.4, -0.2) is 59.8 Å². The molecule has 0 bridgehead atoms. The van der Waals surface area contributed by atoms with Gasteiger partial charge in [-0.25, -0.2) is 0 Å². The summed E-state index contributed by atoms with van der Waals surface area (Å²) < 4.78 is 0. The van der Waals surface area contributed by atoms with Crippen LogP contribution in [-0.2, 0) is 0 Å².